The molecule has 1 aliphatic carbocycles. The van der Waals surface area contributed by atoms with Crippen LogP contribution in [0.15, 0.2) is 110 Å². The molecule has 4 amide bonds. The van der Waals surface area contributed by atoms with Crippen molar-refractivity contribution in [3.63, 3.8) is 0 Å². The van der Waals surface area contributed by atoms with Crippen molar-refractivity contribution in [2.75, 3.05) is 26.9 Å². The van der Waals surface area contributed by atoms with Crippen LogP contribution in [0.5, 0.6) is 0 Å². The molecule has 1 aromatic heterocycles. The normalized spacial score (nSPS) is 16.1. The third-order valence-electron chi connectivity index (χ3n) is 12.4. The number of amides is 4. The van der Waals surface area contributed by atoms with E-state index >= 15 is 9.59 Å². The van der Waals surface area contributed by atoms with Crippen molar-refractivity contribution in [1.29, 1.82) is 0 Å². The maximum atomic E-state index is 15.1. The maximum absolute atomic E-state index is 15.1. The van der Waals surface area contributed by atoms with E-state index in [1.807, 2.05) is 53.1 Å². The van der Waals surface area contributed by atoms with Gasteiger partial charge in [-0.2, -0.15) is 0 Å². The molecule has 0 radical (unpaired) electrons. The summed E-state index contributed by atoms with van der Waals surface area (Å²) in [4.78, 5) is 84.2. The second-order valence-electron chi connectivity index (χ2n) is 20.1. The third kappa shape index (κ3) is 13.5. The largest absolute Gasteiger partial charge is 0.467 e. The number of likely N-dealkylation sites (tertiary alicyclic amines) is 1. The summed E-state index contributed by atoms with van der Waals surface area (Å²) in [5, 5.41) is 8.87. The fourth-order valence-electron chi connectivity index (χ4n) is 9.40. The molecule has 73 heavy (non-hydrogen) atoms. The Morgan fingerprint density at radius 2 is 1.47 bits per heavy atom. The Morgan fingerprint density at radius 1 is 0.795 bits per heavy atom. The number of carbonyl (C=O) groups is 6. The summed E-state index contributed by atoms with van der Waals surface area (Å²) in [7, 11) is 1.17. The number of carbonyl (C=O) groups excluding carboxylic acids is 6. The number of methoxy groups -OCH3 is 1. The number of fused-ring (bicyclic) bond motifs is 4. The van der Waals surface area contributed by atoms with Gasteiger partial charge in [-0.15, -0.1) is 6.58 Å². The average molecular weight is 1000 g/mol. The topological polar surface area (TPSA) is 193 Å². The second kappa shape index (κ2) is 22.9. The summed E-state index contributed by atoms with van der Waals surface area (Å²) in [6.07, 6.45) is 0.755. The lowest BCUT2D eigenvalue weighted by Gasteiger charge is -2.30. The predicted molar refractivity (Wildman–Crippen MR) is 271 cm³/mol. The Labute approximate surface area is 424 Å². The smallest absolute Gasteiger partial charge is 0.407 e. The molecule has 0 saturated carbocycles. The molecule has 16 nitrogen and oxygen atoms in total. The average Bonchev–Trinajstić information content (AvgIpc) is 4.01. The SMILES string of the molecule is C=CCn1cc(C[C@H](NC(=O)[C@H](Cc2cccc(CNC(=O)OC(C)(C)C)c2)NC(=O)OCC2c3ccccc3-c3ccccc32)C(=O)N2CC[C@H](OCC(=O)OC(C)(C)C)[C@H]2C(=O)OC)c2cc(F)ccc21. The van der Waals surface area contributed by atoms with Crippen LogP contribution in [-0.2, 0) is 68.8 Å². The summed E-state index contributed by atoms with van der Waals surface area (Å²) in [6, 6.07) is 23.0. The molecule has 3 N–H and O–H groups in total. The Morgan fingerprint density at radius 3 is 2.12 bits per heavy atom. The standard InChI is InChI=1S/C56H64FN5O11/c1-9-24-61-31-36(42-29-37(57)21-22-46(42)61)28-45(51(65)62-25-23-47(49(62)52(66)69-8)70-33-48(63)72-55(2,3)4)59-50(64)44(27-34-15-14-16-35(26-34)30-58-53(67)73-56(5,6)7)60-54(68)71-32-43-40-19-12-10-17-38(40)39-18-11-13-20-41(39)43/h9-22,26,29,31,43-45,47,49H,1,23-25,27-28,30,32-33H2,2-8H3,(H,58,67)(H,59,64)(H,60,68)/t44-,45-,47-,49-/m0/s1. The molecule has 2 aliphatic rings. The van der Waals surface area contributed by atoms with Gasteiger partial charge in [0, 0.05) is 55.5 Å². The quantitative estimate of drug-likeness (QED) is 0.0443. The van der Waals surface area contributed by atoms with E-state index in [2.05, 4.69) is 22.5 Å². The number of nitrogens with one attached hydrogen (secondary N) is 3. The molecule has 4 aromatic carbocycles. The van der Waals surface area contributed by atoms with E-state index in [9.17, 15) is 23.6 Å². The van der Waals surface area contributed by atoms with Crippen LogP contribution in [0, 0.1) is 5.82 Å². The molecule has 7 rings (SSSR count). The number of ether oxygens (including phenoxy) is 5. The van der Waals surface area contributed by atoms with Crippen molar-refractivity contribution in [2.24, 2.45) is 0 Å². The lowest BCUT2D eigenvalue weighted by atomic mass is 9.98. The number of allylic oxidation sites excluding steroid dienone is 1. The summed E-state index contributed by atoms with van der Waals surface area (Å²) in [5.74, 6) is -3.78. The number of hydrogen-bond donors (Lipinski definition) is 3. The minimum Gasteiger partial charge on any atom is -0.467 e. The minimum atomic E-state index is -1.42. The maximum Gasteiger partial charge on any atom is 0.407 e. The third-order valence-corrected chi connectivity index (χ3v) is 12.4. The van der Waals surface area contributed by atoms with Crippen molar-refractivity contribution >= 4 is 46.8 Å². The molecule has 5 aromatic rings. The Bertz CT molecular complexity index is 2820. The molecule has 1 fully saturated rings. The fourth-order valence-corrected chi connectivity index (χ4v) is 9.40. The Hall–Kier alpha value is -7.53. The van der Waals surface area contributed by atoms with Crippen LogP contribution in [0.4, 0.5) is 14.0 Å². The summed E-state index contributed by atoms with van der Waals surface area (Å²) >= 11 is 0. The molecular formula is C56H64FN5O11. The molecule has 386 valence electrons. The van der Waals surface area contributed by atoms with Crippen LogP contribution < -0.4 is 16.0 Å². The zero-order chi connectivity index (χ0) is 52.6. The summed E-state index contributed by atoms with van der Waals surface area (Å²) in [6.45, 7) is 14.1. The van der Waals surface area contributed by atoms with E-state index in [-0.39, 0.29) is 44.9 Å². The molecule has 4 atom stereocenters. The number of benzene rings is 4. The molecule has 1 aliphatic heterocycles. The van der Waals surface area contributed by atoms with Gasteiger partial charge in [-0.25, -0.2) is 23.6 Å². The van der Waals surface area contributed by atoms with Crippen molar-refractivity contribution in [2.45, 2.75) is 115 Å². The molecule has 0 spiro atoms. The molecule has 0 unspecified atom stereocenters. The monoisotopic (exact) mass is 1000 g/mol. The number of esters is 2. The predicted octanol–water partition coefficient (Wildman–Crippen LogP) is 7.67. The van der Waals surface area contributed by atoms with Gasteiger partial charge in [0.15, 0.2) is 6.04 Å². The van der Waals surface area contributed by atoms with Gasteiger partial charge in [-0.05, 0) is 105 Å². The first-order chi connectivity index (χ1) is 34.7. The summed E-state index contributed by atoms with van der Waals surface area (Å²) in [5.41, 5.74) is 4.92. The van der Waals surface area contributed by atoms with Crippen LogP contribution in [0.25, 0.3) is 22.0 Å². The lowest BCUT2D eigenvalue weighted by molar-refractivity contribution is -0.166. The second-order valence-corrected chi connectivity index (χ2v) is 20.1. The van der Waals surface area contributed by atoms with Gasteiger partial charge in [0.25, 0.3) is 0 Å². The van der Waals surface area contributed by atoms with Crippen LogP contribution in [0.1, 0.15) is 81.7 Å². The highest BCUT2D eigenvalue weighted by Crippen LogP contribution is 2.44. The molecule has 17 heteroatoms. The highest BCUT2D eigenvalue weighted by Gasteiger charge is 2.46. The number of hydrogen-bond acceptors (Lipinski definition) is 11. The number of aromatic nitrogens is 1. The van der Waals surface area contributed by atoms with Gasteiger partial charge < -0.3 is 49.1 Å². The van der Waals surface area contributed by atoms with Gasteiger partial charge in [-0.1, -0.05) is 78.9 Å². The zero-order valence-corrected chi connectivity index (χ0v) is 42.3. The molecule has 1 saturated heterocycles. The van der Waals surface area contributed by atoms with E-state index in [1.165, 1.54) is 24.1 Å². The first-order valence-electron chi connectivity index (χ1n) is 24.3. The van der Waals surface area contributed by atoms with E-state index in [0.29, 0.717) is 34.1 Å². The number of nitrogens with zero attached hydrogens (tertiary/aromatic N) is 2. The molecule has 2 heterocycles. The lowest BCUT2D eigenvalue weighted by Crippen LogP contribution is -2.58. The first kappa shape index (κ1) is 53.3. The van der Waals surface area contributed by atoms with Gasteiger partial charge in [0.1, 0.15) is 42.3 Å². The van der Waals surface area contributed by atoms with Crippen molar-refractivity contribution < 1.29 is 56.8 Å². The van der Waals surface area contributed by atoms with Gasteiger partial charge >= 0.3 is 24.1 Å². The molecular weight excluding hydrogens is 938 g/mol. The number of halogens is 1. The van der Waals surface area contributed by atoms with Crippen LogP contribution in [0.2, 0.25) is 0 Å². The van der Waals surface area contributed by atoms with Gasteiger partial charge in [0.05, 0.1) is 13.2 Å². The van der Waals surface area contributed by atoms with Crippen molar-refractivity contribution in [3.8, 4) is 11.1 Å². The van der Waals surface area contributed by atoms with Crippen molar-refractivity contribution in [3.05, 3.63) is 143 Å². The Kier molecular flexibility index (Phi) is 16.7. The van der Waals surface area contributed by atoms with Crippen LogP contribution >= 0.6 is 0 Å². The summed E-state index contributed by atoms with van der Waals surface area (Å²) < 4.78 is 44.6. The highest BCUT2D eigenvalue weighted by atomic mass is 19.1. The fraction of sp³-hybridized carbons (Fsp3) is 0.393. The van der Waals surface area contributed by atoms with E-state index in [1.54, 1.807) is 84.1 Å². The first-order valence-corrected chi connectivity index (χ1v) is 24.3. The number of rotatable bonds is 18. The van der Waals surface area contributed by atoms with E-state index in [4.69, 9.17) is 23.7 Å². The number of alkyl carbamates (subject to hydrolysis) is 2. The molecule has 0 bridgehead atoms. The zero-order valence-electron chi connectivity index (χ0n) is 42.3. The van der Waals surface area contributed by atoms with E-state index < -0.39 is 83.8 Å². The highest BCUT2D eigenvalue weighted by molar-refractivity contribution is 5.95. The van der Waals surface area contributed by atoms with E-state index in [0.717, 1.165) is 22.3 Å². The van der Waals surface area contributed by atoms with Gasteiger partial charge in [-0.3, -0.25) is 9.59 Å². The van der Waals surface area contributed by atoms with Crippen molar-refractivity contribution in [1.82, 2.24) is 25.4 Å². The minimum absolute atomic E-state index is 0.0254. The Balaban J connectivity index is 1.20. The van der Waals surface area contributed by atoms with Crippen LogP contribution in [0.3, 0.4) is 0 Å². The van der Waals surface area contributed by atoms with Crippen LogP contribution in [-0.4, -0.2) is 108 Å². The van der Waals surface area contributed by atoms with Gasteiger partial charge in [0.2, 0.25) is 11.8 Å².